The summed E-state index contributed by atoms with van der Waals surface area (Å²) in [5.41, 5.74) is 0. The lowest BCUT2D eigenvalue weighted by Gasteiger charge is -2.34. The van der Waals surface area contributed by atoms with Crippen LogP contribution in [0.25, 0.3) is 0 Å². The minimum atomic E-state index is -0.498. The summed E-state index contributed by atoms with van der Waals surface area (Å²) in [6.45, 7) is 8.81. The molecule has 5 atom stereocenters. The Morgan fingerprint density at radius 1 is 0.750 bits per heavy atom. The van der Waals surface area contributed by atoms with Crippen LogP contribution in [0.15, 0.2) is 0 Å². The van der Waals surface area contributed by atoms with Crippen molar-refractivity contribution in [2.75, 3.05) is 26.2 Å². The van der Waals surface area contributed by atoms with E-state index < -0.39 is 24.4 Å². The topological polar surface area (TPSA) is 96.2 Å². The van der Waals surface area contributed by atoms with Crippen LogP contribution in [0.4, 0.5) is 0 Å². The number of nitrogens with one attached hydrogen (secondary N) is 1. The quantitative estimate of drug-likeness (QED) is 0.341. The van der Waals surface area contributed by atoms with Gasteiger partial charge < -0.3 is 25.7 Å². The van der Waals surface area contributed by atoms with Gasteiger partial charge in [0, 0.05) is 32.2 Å². The van der Waals surface area contributed by atoms with Gasteiger partial charge in [0.2, 0.25) is 0 Å². The highest BCUT2D eigenvalue weighted by Gasteiger charge is 2.22. The molecule has 0 bridgehead atoms. The normalized spacial score (nSPS) is 19.6. The van der Waals surface area contributed by atoms with Crippen LogP contribution in [0.2, 0.25) is 0 Å². The van der Waals surface area contributed by atoms with Crippen molar-refractivity contribution in [1.29, 1.82) is 0 Å². The Balaban J connectivity index is 4.61. The number of hydrogen-bond donors (Lipinski definition) is 5. The van der Waals surface area contributed by atoms with E-state index in [-0.39, 0.29) is 6.04 Å². The maximum atomic E-state index is 9.62. The van der Waals surface area contributed by atoms with Crippen LogP contribution >= 0.6 is 0 Å². The van der Waals surface area contributed by atoms with Gasteiger partial charge in [-0.3, -0.25) is 4.90 Å². The van der Waals surface area contributed by atoms with Crippen molar-refractivity contribution in [3.63, 3.8) is 0 Å². The van der Waals surface area contributed by atoms with E-state index in [4.69, 9.17) is 0 Å². The summed E-state index contributed by atoms with van der Waals surface area (Å²) in [6.07, 6.45) is -1.33. The second kappa shape index (κ2) is 10.5. The van der Waals surface area contributed by atoms with Gasteiger partial charge in [-0.25, -0.2) is 0 Å². The average Bonchev–Trinajstić information content (AvgIpc) is 2.24. The molecule has 0 aromatic carbocycles. The zero-order valence-corrected chi connectivity index (χ0v) is 13.2. The van der Waals surface area contributed by atoms with E-state index in [0.717, 1.165) is 0 Å². The molecule has 122 valence electrons. The minimum Gasteiger partial charge on any atom is -0.393 e. The molecule has 0 saturated carbocycles. The fraction of sp³-hybridized carbons (Fsp3) is 1.00. The molecule has 0 aromatic rings. The maximum absolute atomic E-state index is 9.62. The van der Waals surface area contributed by atoms with E-state index in [1.807, 2.05) is 4.90 Å². The molecule has 0 saturated heterocycles. The fourth-order valence-electron chi connectivity index (χ4n) is 2.27. The first-order valence-electron chi connectivity index (χ1n) is 7.39. The molecule has 0 rings (SSSR count). The third-order valence-electron chi connectivity index (χ3n) is 2.95. The van der Waals surface area contributed by atoms with Crippen molar-refractivity contribution in [3.05, 3.63) is 0 Å². The number of nitrogens with zero attached hydrogens (tertiary/aromatic N) is 1. The highest BCUT2D eigenvalue weighted by atomic mass is 16.3. The second-order valence-corrected chi connectivity index (χ2v) is 5.90. The Morgan fingerprint density at radius 3 is 1.60 bits per heavy atom. The van der Waals surface area contributed by atoms with E-state index in [1.165, 1.54) is 0 Å². The summed E-state index contributed by atoms with van der Waals surface area (Å²) in [7, 11) is 0. The number of rotatable bonds is 11. The third-order valence-corrected chi connectivity index (χ3v) is 2.95. The average molecular weight is 292 g/mol. The lowest BCUT2D eigenvalue weighted by molar-refractivity contribution is 0.0375. The van der Waals surface area contributed by atoms with Crippen LogP contribution in [0.1, 0.15) is 34.1 Å². The summed E-state index contributed by atoms with van der Waals surface area (Å²) in [6, 6.07) is -0.00190. The van der Waals surface area contributed by atoms with Gasteiger partial charge in [-0.1, -0.05) is 0 Å². The van der Waals surface area contributed by atoms with E-state index in [2.05, 4.69) is 5.32 Å². The summed E-state index contributed by atoms with van der Waals surface area (Å²) in [5.74, 6) is 0. The van der Waals surface area contributed by atoms with Crippen molar-refractivity contribution < 1.29 is 20.4 Å². The van der Waals surface area contributed by atoms with E-state index in [1.54, 1.807) is 27.7 Å². The van der Waals surface area contributed by atoms with Crippen LogP contribution in [0, 0.1) is 0 Å². The molecule has 0 radical (unpaired) electrons. The summed E-state index contributed by atoms with van der Waals surface area (Å²) in [4.78, 5) is 1.98. The maximum Gasteiger partial charge on any atom is 0.0639 e. The molecule has 5 unspecified atom stereocenters. The Kier molecular flexibility index (Phi) is 10.4. The van der Waals surface area contributed by atoms with Crippen LogP contribution in [0.3, 0.4) is 0 Å². The summed E-state index contributed by atoms with van der Waals surface area (Å²) in [5, 5.41) is 41.2. The lowest BCUT2D eigenvalue weighted by atomic mass is 10.1. The molecule has 6 nitrogen and oxygen atoms in total. The van der Waals surface area contributed by atoms with E-state index >= 15 is 0 Å². The fourth-order valence-corrected chi connectivity index (χ4v) is 2.27. The van der Waals surface area contributed by atoms with E-state index in [0.29, 0.717) is 32.6 Å². The highest BCUT2D eigenvalue weighted by molar-refractivity contribution is 4.79. The van der Waals surface area contributed by atoms with Crippen LogP contribution in [0.5, 0.6) is 0 Å². The van der Waals surface area contributed by atoms with Crippen molar-refractivity contribution in [2.24, 2.45) is 0 Å². The second-order valence-electron chi connectivity index (χ2n) is 5.90. The third kappa shape index (κ3) is 10.5. The number of hydrogen-bond acceptors (Lipinski definition) is 6. The molecule has 0 aliphatic heterocycles. The molecule has 6 heteroatoms. The van der Waals surface area contributed by atoms with Crippen LogP contribution < -0.4 is 5.32 Å². The summed E-state index contributed by atoms with van der Waals surface area (Å²) >= 11 is 0. The van der Waals surface area contributed by atoms with Crippen molar-refractivity contribution in [1.82, 2.24) is 10.2 Å². The predicted molar refractivity (Wildman–Crippen MR) is 79.6 cm³/mol. The molecule has 0 aliphatic carbocycles. The molecule has 0 spiro atoms. The molecule has 20 heavy (non-hydrogen) atoms. The van der Waals surface area contributed by atoms with Gasteiger partial charge in [-0.15, -0.1) is 0 Å². The van der Waals surface area contributed by atoms with Gasteiger partial charge in [0.15, 0.2) is 0 Å². The van der Waals surface area contributed by atoms with Crippen molar-refractivity contribution in [3.8, 4) is 0 Å². The largest absolute Gasteiger partial charge is 0.393 e. The zero-order chi connectivity index (χ0) is 15.7. The van der Waals surface area contributed by atoms with Crippen LogP contribution in [-0.4, -0.2) is 82.0 Å². The van der Waals surface area contributed by atoms with Gasteiger partial charge in [0.1, 0.15) is 0 Å². The first kappa shape index (κ1) is 19.8. The molecule has 0 aromatic heterocycles. The van der Waals surface area contributed by atoms with Gasteiger partial charge in [0.25, 0.3) is 0 Å². The number of aliphatic hydroxyl groups is 4. The predicted octanol–water partition coefficient (Wildman–Crippen LogP) is -0.840. The van der Waals surface area contributed by atoms with Crippen molar-refractivity contribution >= 4 is 0 Å². The number of aliphatic hydroxyl groups excluding tert-OH is 4. The Morgan fingerprint density at radius 2 is 1.25 bits per heavy atom. The minimum absolute atomic E-state index is 0.00190. The molecule has 5 N–H and O–H groups in total. The Hall–Kier alpha value is -0.240. The first-order chi connectivity index (χ1) is 9.22. The van der Waals surface area contributed by atoms with Gasteiger partial charge >= 0.3 is 0 Å². The smallest absolute Gasteiger partial charge is 0.0639 e. The Bertz CT molecular complexity index is 225. The molecular formula is C14H32N2O4. The monoisotopic (exact) mass is 292 g/mol. The van der Waals surface area contributed by atoms with Gasteiger partial charge in [-0.2, -0.15) is 0 Å². The van der Waals surface area contributed by atoms with Crippen LogP contribution in [-0.2, 0) is 0 Å². The molecule has 0 fully saturated rings. The van der Waals surface area contributed by atoms with Gasteiger partial charge in [0.05, 0.1) is 24.4 Å². The Labute approximate surface area is 122 Å². The van der Waals surface area contributed by atoms with Gasteiger partial charge in [-0.05, 0) is 34.1 Å². The molecular weight excluding hydrogens is 260 g/mol. The molecule has 0 heterocycles. The lowest BCUT2D eigenvalue weighted by Crippen LogP contribution is -2.49. The van der Waals surface area contributed by atoms with Crippen molar-refractivity contribution in [2.45, 2.75) is 64.6 Å². The highest BCUT2D eigenvalue weighted by Crippen LogP contribution is 2.09. The zero-order valence-electron chi connectivity index (χ0n) is 13.2. The van der Waals surface area contributed by atoms with E-state index in [9.17, 15) is 20.4 Å². The first-order valence-corrected chi connectivity index (χ1v) is 7.39. The molecule has 0 amide bonds. The molecule has 0 aliphatic rings. The standard InChI is InChI=1S/C14H32N2O4/c1-10(17)5-14(7-15-6-11(2)18)16(8-12(3)19)9-13(4)20/h10-15,17-20H,5-9H2,1-4H3. The SMILES string of the molecule is CC(O)CNCC(CC(C)O)N(CC(C)O)CC(C)O. The summed E-state index contributed by atoms with van der Waals surface area (Å²) < 4.78 is 0.